The Morgan fingerprint density at radius 3 is 2.75 bits per heavy atom. The number of rotatable bonds is 1. The first kappa shape index (κ1) is 12.7. The Balaban J connectivity index is 2.10. The van der Waals surface area contributed by atoms with Gasteiger partial charge >= 0.3 is 0 Å². The largest absolute Gasteiger partial charge is 0.319 e. The molecule has 100 valence electrons. The molecule has 2 aromatic heterocycles. The van der Waals surface area contributed by atoms with Crippen molar-refractivity contribution in [3.8, 4) is 0 Å². The van der Waals surface area contributed by atoms with Gasteiger partial charge in [-0.3, -0.25) is 4.79 Å². The van der Waals surface area contributed by atoms with E-state index in [1.54, 1.807) is 6.07 Å². The molecule has 0 fully saturated rings. The van der Waals surface area contributed by atoms with Crippen molar-refractivity contribution < 1.29 is 4.79 Å². The maximum atomic E-state index is 12.2. The van der Waals surface area contributed by atoms with Gasteiger partial charge in [0.25, 0.3) is 5.91 Å². The fraction of sp³-hybridized carbons (Fsp3) is 0.133. The summed E-state index contributed by atoms with van der Waals surface area (Å²) in [4.78, 5) is 21.2. The van der Waals surface area contributed by atoms with Crippen LogP contribution in [0.4, 0.5) is 0 Å². The van der Waals surface area contributed by atoms with Crippen molar-refractivity contribution in [2.75, 3.05) is 0 Å². The van der Waals surface area contributed by atoms with Crippen LogP contribution in [0.1, 0.15) is 16.2 Å². The third-order valence-electron chi connectivity index (χ3n) is 3.02. The predicted molar refractivity (Wildman–Crippen MR) is 79.7 cm³/mol. The van der Waals surface area contributed by atoms with Crippen molar-refractivity contribution in [3.05, 3.63) is 58.7 Å². The van der Waals surface area contributed by atoms with E-state index in [0.717, 1.165) is 15.9 Å². The second kappa shape index (κ2) is 5.02. The first-order chi connectivity index (χ1) is 9.65. The van der Waals surface area contributed by atoms with Crippen LogP contribution in [-0.2, 0) is 7.05 Å². The first-order valence-electron chi connectivity index (χ1n) is 6.22. The third kappa shape index (κ3) is 2.28. The quantitative estimate of drug-likeness (QED) is 0.689. The minimum atomic E-state index is -0.309. The Hall–Kier alpha value is -2.27. The lowest BCUT2D eigenvalue weighted by atomic mass is 10.3. The molecule has 2 heterocycles. The van der Waals surface area contributed by atoms with Gasteiger partial charge in [-0.15, -0.1) is 0 Å². The second-order valence-corrected chi connectivity index (χ2v) is 5.50. The zero-order valence-electron chi connectivity index (χ0n) is 11.2. The van der Waals surface area contributed by atoms with E-state index in [0.29, 0.717) is 10.5 Å². The number of hydrogen-bond acceptors (Lipinski definition) is 3. The summed E-state index contributed by atoms with van der Waals surface area (Å²) >= 11 is 1.50. The summed E-state index contributed by atoms with van der Waals surface area (Å²) in [6.45, 7) is 1.86. The topological polar surface area (TPSA) is 47.2 Å². The Labute approximate surface area is 120 Å². The highest BCUT2D eigenvalue weighted by atomic mass is 32.1. The summed E-state index contributed by atoms with van der Waals surface area (Å²) in [5.74, 6) is -0.309. The van der Waals surface area contributed by atoms with Crippen molar-refractivity contribution in [3.63, 3.8) is 0 Å². The Morgan fingerprint density at radius 2 is 2.00 bits per heavy atom. The molecular formula is C15H13N3OS. The number of hydrogen-bond donors (Lipinski definition) is 0. The lowest BCUT2D eigenvalue weighted by Crippen LogP contribution is -2.14. The van der Waals surface area contributed by atoms with Crippen LogP contribution in [-0.4, -0.2) is 15.5 Å². The summed E-state index contributed by atoms with van der Waals surface area (Å²) < 4.78 is 3.03. The summed E-state index contributed by atoms with van der Waals surface area (Å²) in [5, 5.41) is 0. The number of nitrogens with zero attached hydrogens (tertiary/aromatic N) is 3. The standard InChI is InChI=1S/C15H13N3OS/c1-10-6-5-7-11(16-10)14(19)17-15-18(2)12-8-3-4-9-13(12)20-15/h3-9H,1-2H3. The number of carbonyl (C=O) groups excluding carboxylic acids is 1. The number of carbonyl (C=O) groups is 1. The van der Waals surface area contributed by atoms with Crippen molar-refractivity contribution in [1.29, 1.82) is 0 Å². The minimum Gasteiger partial charge on any atom is -0.319 e. The number of thiazole rings is 1. The average molecular weight is 283 g/mol. The Morgan fingerprint density at radius 1 is 1.20 bits per heavy atom. The number of aryl methyl sites for hydroxylation is 2. The van der Waals surface area contributed by atoms with Gasteiger partial charge in [-0.2, -0.15) is 4.99 Å². The molecule has 0 atom stereocenters. The van der Waals surface area contributed by atoms with Gasteiger partial charge in [0.1, 0.15) is 5.69 Å². The van der Waals surface area contributed by atoms with E-state index in [9.17, 15) is 4.79 Å². The fourth-order valence-electron chi connectivity index (χ4n) is 1.99. The van der Waals surface area contributed by atoms with Crippen LogP contribution >= 0.6 is 11.3 Å². The molecule has 0 bridgehead atoms. The van der Waals surface area contributed by atoms with Gasteiger partial charge < -0.3 is 4.57 Å². The highest BCUT2D eigenvalue weighted by molar-refractivity contribution is 7.16. The van der Waals surface area contributed by atoms with E-state index in [1.807, 2.05) is 54.9 Å². The molecule has 3 aromatic rings. The summed E-state index contributed by atoms with van der Waals surface area (Å²) in [6, 6.07) is 13.3. The van der Waals surface area contributed by atoms with Crippen LogP contribution in [0.15, 0.2) is 47.5 Å². The summed E-state index contributed by atoms with van der Waals surface area (Å²) in [7, 11) is 1.91. The highest BCUT2D eigenvalue weighted by Crippen LogP contribution is 2.15. The van der Waals surface area contributed by atoms with E-state index < -0.39 is 0 Å². The Kier molecular flexibility index (Phi) is 3.20. The number of amides is 1. The number of aromatic nitrogens is 2. The van der Waals surface area contributed by atoms with E-state index in [-0.39, 0.29) is 5.91 Å². The molecule has 0 saturated carbocycles. The number of pyridine rings is 1. The molecule has 20 heavy (non-hydrogen) atoms. The summed E-state index contributed by atoms with van der Waals surface area (Å²) in [6.07, 6.45) is 0. The third-order valence-corrected chi connectivity index (χ3v) is 4.13. The molecule has 0 aliphatic carbocycles. The van der Waals surface area contributed by atoms with E-state index >= 15 is 0 Å². The van der Waals surface area contributed by atoms with Gasteiger partial charge in [0.2, 0.25) is 0 Å². The maximum Gasteiger partial charge on any atom is 0.298 e. The van der Waals surface area contributed by atoms with Crippen LogP contribution in [0.3, 0.4) is 0 Å². The van der Waals surface area contributed by atoms with Crippen LogP contribution < -0.4 is 4.80 Å². The highest BCUT2D eigenvalue weighted by Gasteiger charge is 2.07. The SMILES string of the molecule is Cc1cccc(C(=O)N=c2sc3ccccc3n2C)n1. The lowest BCUT2D eigenvalue weighted by Gasteiger charge is -1.96. The van der Waals surface area contributed by atoms with Crippen LogP contribution in [0.5, 0.6) is 0 Å². The maximum absolute atomic E-state index is 12.2. The average Bonchev–Trinajstić information content (AvgIpc) is 2.76. The molecule has 4 nitrogen and oxygen atoms in total. The molecule has 0 aliphatic rings. The minimum absolute atomic E-state index is 0.309. The van der Waals surface area contributed by atoms with Crippen molar-refractivity contribution in [2.24, 2.45) is 12.0 Å². The van der Waals surface area contributed by atoms with Crippen molar-refractivity contribution >= 4 is 27.5 Å². The summed E-state index contributed by atoms with van der Waals surface area (Å²) in [5.41, 5.74) is 2.26. The molecule has 0 aliphatic heterocycles. The fourth-order valence-corrected chi connectivity index (χ4v) is 3.01. The molecule has 3 rings (SSSR count). The molecule has 0 N–H and O–H groups in total. The molecule has 0 radical (unpaired) electrons. The number of fused-ring (bicyclic) bond motifs is 1. The van der Waals surface area contributed by atoms with Crippen molar-refractivity contribution in [1.82, 2.24) is 9.55 Å². The number of benzene rings is 1. The molecule has 0 saturated heterocycles. The van der Waals surface area contributed by atoms with Gasteiger partial charge in [0.15, 0.2) is 4.80 Å². The van der Waals surface area contributed by atoms with Gasteiger partial charge in [0, 0.05) is 12.7 Å². The lowest BCUT2D eigenvalue weighted by molar-refractivity contribution is 0.0993. The number of para-hydroxylation sites is 1. The predicted octanol–water partition coefficient (Wildman–Crippen LogP) is 2.68. The van der Waals surface area contributed by atoms with Gasteiger partial charge in [-0.25, -0.2) is 4.98 Å². The molecule has 1 aromatic carbocycles. The van der Waals surface area contributed by atoms with Crippen LogP contribution in [0.25, 0.3) is 10.2 Å². The zero-order chi connectivity index (χ0) is 14.1. The van der Waals surface area contributed by atoms with E-state index in [1.165, 1.54) is 11.3 Å². The molecule has 0 unspecified atom stereocenters. The van der Waals surface area contributed by atoms with Crippen LogP contribution in [0, 0.1) is 6.92 Å². The Bertz CT molecular complexity index is 861. The normalized spacial score (nSPS) is 12.0. The van der Waals surface area contributed by atoms with Crippen molar-refractivity contribution in [2.45, 2.75) is 6.92 Å². The smallest absolute Gasteiger partial charge is 0.298 e. The zero-order valence-corrected chi connectivity index (χ0v) is 12.0. The van der Waals surface area contributed by atoms with Crippen LogP contribution in [0.2, 0.25) is 0 Å². The second-order valence-electron chi connectivity index (χ2n) is 4.49. The molecule has 5 heteroatoms. The molecule has 0 spiro atoms. The van der Waals surface area contributed by atoms with Gasteiger partial charge in [-0.1, -0.05) is 29.5 Å². The van der Waals surface area contributed by atoms with E-state index in [4.69, 9.17) is 0 Å². The van der Waals surface area contributed by atoms with E-state index in [2.05, 4.69) is 9.98 Å². The van der Waals surface area contributed by atoms with Gasteiger partial charge in [-0.05, 0) is 31.2 Å². The molecular weight excluding hydrogens is 270 g/mol. The van der Waals surface area contributed by atoms with Gasteiger partial charge in [0.05, 0.1) is 10.2 Å². The first-order valence-corrected chi connectivity index (χ1v) is 7.04. The monoisotopic (exact) mass is 283 g/mol. The molecule has 1 amide bonds.